The average molecular weight is 393 g/mol. The number of hydrogen-bond donors (Lipinski definition) is 2. The van der Waals surface area contributed by atoms with Gasteiger partial charge in [-0.2, -0.15) is 0 Å². The first-order valence-corrected chi connectivity index (χ1v) is 9.77. The molecule has 1 aliphatic rings. The van der Waals surface area contributed by atoms with Gasteiger partial charge in [-0.05, 0) is 13.0 Å². The molecule has 142 valence electrons. The number of aromatic nitrogens is 3. The minimum Gasteiger partial charge on any atom is -0.346 e. The van der Waals surface area contributed by atoms with E-state index in [1.165, 1.54) is 24.7 Å². The molecule has 2 N–H and O–H groups in total. The van der Waals surface area contributed by atoms with Gasteiger partial charge in [-0.1, -0.05) is 0 Å². The van der Waals surface area contributed by atoms with Crippen LogP contribution in [0.3, 0.4) is 0 Å². The van der Waals surface area contributed by atoms with Gasteiger partial charge in [0.1, 0.15) is 5.69 Å². The molecule has 1 fully saturated rings. The van der Waals surface area contributed by atoms with E-state index in [1.54, 1.807) is 6.92 Å². The van der Waals surface area contributed by atoms with Gasteiger partial charge in [0.25, 0.3) is 11.8 Å². The lowest BCUT2D eigenvalue weighted by molar-refractivity contribution is 0.0891. The lowest BCUT2D eigenvalue weighted by atomic mass is 10.1. The van der Waals surface area contributed by atoms with Crippen LogP contribution in [0.2, 0.25) is 0 Å². The molecule has 9 nitrogen and oxygen atoms in total. The number of sulfone groups is 1. The minimum absolute atomic E-state index is 0.0233. The summed E-state index contributed by atoms with van der Waals surface area (Å²) >= 11 is 0. The first-order valence-electron chi connectivity index (χ1n) is 7.95. The van der Waals surface area contributed by atoms with Crippen LogP contribution < -0.4 is 10.6 Å². The Balaban J connectivity index is 1.75. The van der Waals surface area contributed by atoms with Crippen LogP contribution in [-0.4, -0.2) is 58.8 Å². The number of pyridine rings is 1. The van der Waals surface area contributed by atoms with Crippen molar-refractivity contribution in [1.29, 1.82) is 0 Å². The van der Waals surface area contributed by atoms with Crippen molar-refractivity contribution < 1.29 is 22.4 Å². The molecule has 1 aliphatic heterocycles. The van der Waals surface area contributed by atoms with E-state index in [4.69, 9.17) is 0 Å². The third-order valence-electron chi connectivity index (χ3n) is 4.02. The number of rotatable bonds is 4. The second-order valence-electron chi connectivity index (χ2n) is 6.14. The maximum Gasteiger partial charge on any atom is 0.271 e. The highest BCUT2D eigenvalue weighted by Gasteiger charge is 2.40. The lowest BCUT2D eigenvalue weighted by Gasteiger charge is -2.20. The summed E-state index contributed by atoms with van der Waals surface area (Å²) in [5, 5.41) is 5.02. The summed E-state index contributed by atoms with van der Waals surface area (Å²) in [4.78, 5) is 36.0. The average Bonchev–Trinajstić information content (AvgIpc) is 2.88. The predicted molar refractivity (Wildman–Crippen MR) is 92.1 cm³/mol. The zero-order chi connectivity index (χ0) is 19.6. The monoisotopic (exact) mass is 393 g/mol. The summed E-state index contributed by atoms with van der Waals surface area (Å²) < 4.78 is 37.7. The van der Waals surface area contributed by atoms with Crippen LogP contribution >= 0.6 is 0 Å². The zero-order valence-electron chi connectivity index (χ0n) is 14.2. The quantitative estimate of drug-likeness (QED) is 0.725. The van der Waals surface area contributed by atoms with Gasteiger partial charge in [0, 0.05) is 12.4 Å². The number of carbonyl (C=O) groups excluding carboxylic acids is 2. The number of nitrogens with zero attached hydrogens (tertiary/aromatic N) is 3. The van der Waals surface area contributed by atoms with Gasteiger partial charge in [-0.3, -0.25) is 19.6 Å². The van der Waals surface area contributed by atoms with Crippen LogP contribution in [0, 0.1) is 12.7 Å². The smallest absolute Gasteiger partial charge is 0.271 e. The van der Waals surface area contributed by atoms with E-state index in [1.807, 2.05) is 0 Å². The molecular formula is C16H16FN5O4S. The van der Waals surface area contributed by atoms with Crippen LogP contribution in [0.5, 0.6) is 0 Å². The van der Waals surface area contributed by atoms with Crippen molar-refractivity contribution in [3.05, 3.63) is 53.6 Å². The Morgan fingerprint density at radius 1 is 1.07 bits per heavy atom. The first kappa shape index (κ1) is 18.8. The van der Waals surface area contributed by atoms with Crippen molar-refractivity contribution in [1.82, 2.24) is 25.6 Å². The number of halogens is 1. The molecular weight excluding hydrogens is 377 g/mol. The van der Waals surface area contributed by atoms with Gasteiger partial charge in [-0.15, -0.1) is 0 Å². The molecule has 3 rings (SSSR count). The second-order valence-corrected chi connectivity index (χ2v) is 8.29. The normalized spacial score (nSPS) is 20.8. The van der Waals surface area contributed by atoms with Crippen molar-refractivity contribution in [2.75, 3.05) is 11.5 Å². The molecule has 0 unspecified atom stereocenters. The van der Waals surface area contributed by atoms with Crippen molar-refractivity contribution in [2.45, 2.75) is 19.0 Å². The van der Waals surface area contributed by atoms with E-state index in [2.05, 4.69) is 25.6 Å². The van der Waals surface area contributed by atoms with Crippen molar-refractivity contribution in [3.8, 4) is 0 Å². The first-order chi connectivity index (χ1) is 12.7. The lowest BCUT2D eigenvalue weighted by Crippen LogP contribution is -2.51. The van der Waals surface area contributed by atoms with E-state index < -0.39 is 39.6 Å². The fraction of sp³-hybridized carbons (Fsp3) is 0.312. The van der Waals surface area contributed by atoms with Crippen molar-refractivity contribution >= 4 is 21.7 Å². The third kappa shape index (κ3) is 4.42. The molecule has 0 aliphatic carbocycles. The highest BCUT2D eigenvalue weighted by Crippen LogP contribution is 2.15. The van der Waals surface area contributed by atoms with Crippen molar-refractivity contribution in [2.24, 2.45) is 0 Å². The number of aryl methyl sites for hydroxylation is 1. The molecule has 2 aromatic rings. The third-order valence-corrected chi connectivity index (χ3v) is 5.75. The standard InChI is InChI=1S/C16H16FN5O4S/c1-9-4-20-12(6-19-9)16(24)22-14-8-27(25,26)7-13(14)21-15(23)10-2-3-18-5-11(10)17/h2-6,13-14H,7-8H2,1H3,(H,21,23)(H,22,24)/t13-,14+/m1/s1. The predicted octanol–water partition coefficient (Wildman–Crippen LogP) is -0.355. The number of amides is 2. The zero-order valence-corrected chi connectivity index (χ0v) is 15.0. The summed E-state index contributed by atoms with van der Waals surface area (Å²) in [7, 11) is -3.49. The highest BCUT2D eigenvalue weighted by molar-refractivity contribution is 7.91. The summed E-state index contributed by atoms with van der Waals surface area (Å²) in [6, 6.07) is -0.597. The second kappa shape index (κ2) is 7.35. The molecule has 2 atom stereocenters. The molecule has 1 saturated heterocycles. The summed E-state index contributed by atoms with van der Waals surface area (Å²) in [5.41, 5.74) is 0.387. The fourth-order valence-corrected chi connectivity index (χ4v) is 4.55. The van der Waals surface area contributed by atoms with E-state index in [-0.39, 0.29) is 22.8 Å². The summed E-state index contributed by atoms with van der Waals surface area (Å²) in [6.07, 6.45) is 4.81. The molecule has 27 heavy (non-hydrogen) atoms. The SMILES string of the molecule is Cc1cnc(C(=O)N[C@H]2CS(=O)(=O)C[C@H]2NC(=O)c2ccncc2F)cn1. The molecule has 0 saturated carbocycles. The van der Waals surface area contributed by atoms with Crippen LogP contribution in [0.1, 0.15) is 26.5 Å². The Labute approximate surface area is 154 Å². The van der Waals surface area contributed by atoms with E-state index in [9.17, 15) is 22.4 Å². The van der Waals surface area contributed by atoms with Gasteiger partial charge < -0.3 is 10.6 Å². The van der Waals surface area contributed by atoms with Gasteiger partial charge in [0.15, 0.2) is 15.7 Å². The van der Waals surface area contributed by atoms with Gasteiger partial charge in [-0.25, -0.2) is 17.8 Å². The Hall–Kier alpha value is -2.95. The molecule has 0 radical (unpaired) electrons. The van der Waals surface area contributed by atoms with Gasteiger partial charge in [0.05, 0.1) is 47.2 Å². The molecule has 2 aromatic heterocycles. The molecule has 2 amide bonds. The van der Waals surface area contributed by atoms with E-state index >= 15 is 0 Å². The molecule has 0 bridgehead atoms. The minimum atomic E-state index is -3.49. The van der Waals surface area contributed by atoms with Crippen molar-refractivity contribution in [3.63, 3.8) is 0 Å². The van der Waals surface area contributed by atoms with Crippen LogP contribution in [0.25, 0.3) is 0 Å². The fourth-order valence-electron chi connectivity index (χ4n) is 2.69. The van der Waals surface area contributed by atoms with Crippen LogP contribution in [0.15, 0.2) is 30.9 Å². The van der Waals surface area contributed by atoms with Crippen LogP contribution in [-0.2, 0) is 9.84 Å². The topological polar surface area (TPSA) is 131 Å². The van der Waals surface area contributed by atoms with E-state index in [0.29, 0.717) is 5.69 Å². The Morgan fingerprint density at radius 2 is 1.74 bits per heavy atom. The Kier molecular flexibility index (Phi) is 5.13. The Bertz CT molecular complexity index is 981. The van der Waals surface area contributed by atoms with Gasteiger partial charge >= 0.3 is 0 Å². The molecule has 11 heteroatoms. The van der Waals surface area contributed by atoms with E-state index in [0.717, 1.165) is 6.20 Å². The molecule has 0 spiro atoms. The van der Waals surface area contributed by atoms with Gasteiger partial charge in [0.2, 0.25) is 0 Å². The number of hydrogen-bond acceptors (Lipinski definition) is 7. The Morgan fingerprint density at radius 3 is 2.33 bits per heavy atom. The molecule has 0 aromatic carbocycles. The molecule has 3 heterocycles. The van der Waals surface area contributed by atoms with Crippen LogP contribution in [0.4, 0.5) is 4.39 Å². The number of nitrogens with one attached hydrogen (secondary N) is 2. The number of carbonyl (C=O) groups is 2. The maximum atomic E-state index is 13.7. The largest absolute Gasteiger partial charge is 0.346 e. The highest BCUT2D eigenvalue weighted by atomic mass is 32.2. The summed E-state index contributed by atoms with van der Waals surface area (Å²) in [6.45, 7) is 1.71. The maximum absolute atomic E-state index is 13.7. The summed E-state index contributed by atoms with van der Waals surface area (Å²) in [5.74, 6) is -2.94.